The lowest BCUT2D eigenvalue weighted by Crippen LogP contribution is -2.06. The molecule has 0 unspecified atom stereocenters. The summed E-state index contributed by atoms with van der Waals surface area (Å²) in [4.78, 5) is 15.6. The fraction of sp³-hybridized carbons (Fsp3) is 0.231. The Morgan fingerprint density at radius 2 is 2.06 bits per heavy atom. The smallest absolute Gasteiger partial charge is 0.356 e. The van der Waals surface area contributed by atoms with E-state index in [1.807, 2.05) is 0 Å². The van der Waals surface area contributed by atoms with E-state index in [0.29, 0.717) is 5.52 Å². The third kappa shape index (κ3) is 1.88. The minimum absolute atomic E-state index is 0.0931. The van der Waals surface area contributed by atoms with Gasteiger partial charge in [-0.1, -0.05) is 6.07 Å². The number of hydrogen-bond donors (Lipinski definition) is 0. The first kappa shape index (κ1) is 12.3. The van der Waals surface area contributed by atoms with Crippen LogP contribution < -0.4 is 4.74 Å². The Labute approximate surface area is 103 Å². The number of halogens is 1. The van der Waals surface area contributed by atoms with E-state index in [1.165, 1.54) is 26.4 Å². The largest absolute Gasteiger partial charge is 0.496 e. The highest BCUT2D eigenvalue weighted by molar-refractivity contribution is 5.95. The summed E-state index contributed by atoms with van der Waals surface area (Å²) in [6, 6.07) is 4.32. The van der Waals surface area contributed by atoms with Crippen molar-refractivity contribution in [2.24, 2.45) is 0 Å². The van der Waals surface area contributed by atoms with E-state index >= 15 is 0 Å². The normalized spacial score (nSPS) is 10.4. The molecule has 0 spiro atoms. The predicted molar refractivity (Wildman–Crippen MR) is 64.3 cm³/mol. The van der Waals surface area contributed by atoms with E-state index in [9.17, 15) is 9.18 Å². The summed E-state index contributed by atoms with van der Waals surface area (Å²) in [6.07, 6.45) is 0. The van der Waals surface area contributed by atoms with Gasteiger partial charge in [-0.25, -0.2) is 14.2 Å². The third-order valence-electron chi connectivity index (χ3n) is 2.69. The van der Waals surface area contributed by atoms with Crippen molar-refractivity contribution in [3.05, 3.63) is 35.3 Å². The Hall–Kier alpha value is -2.17. The second-order valence-corrected chi connectivity index (χ2v) is 3.79. The molecule has 1 aromatic carbocycles. The molecule has 4 nitrogen and oxygen atoms in total. The standard InChI is InChI=1S/C13H12FNO3/c1-7-4-5-8(14)11-10(17-2)6-9(13(16)18-3)15-12(7)11/h4-6H,1-3H3. The lowest BCUT2D eigenvalue weighted by atomic mass is 10.1. The molecule has 0 fully saturated rings. The molecular formula is C13H12FNO3. The van der Waals surface area contributed by atoms with Crippen LogP contribution in [0.3, 0.4) is 0 Å². The average Bonchev–Trinajstić information content (AvgIpc) is 2.40. The summed E-state index contributed by atoms with van der Waals surface area (Å²) < 4.78 is 23.5. The number of methoxy groups -OCH3 is 2. The first-order valence-corrected chi connectivity index (χ1v) is 5.30. The van der Waals surface area contributed by atoms with Gasteiger partial charge >= 0.3 is 5.97 Å². The van der Waals surface area contributed by atoms with Gasteiger partial charge < -0.3 is 9.47 Å². The van der Waals surface area contributed by atoms with Crippen LogP contribution in [0.4, 0.5) is 4.39 Å². The number of nitrogens with zero attached hydrogens (tertiary/aromatic N) is 1. The van der Waals surface area contributed by atoms with Gasteiger partial charge in [0, 0.05) is 6.07 Å². The van der Waals surface area contributed by atoms with Crippen molar-refractivity contribution in [3.8, 4) is 5.75 Å². The van der Waals surface area contributed by atoms with Crippen molar-refractivity contribution < 1.29 is 18.7 Å². The van der Waals surface area contributed by atoms with Crippen LogP contribution in [0.1, 0.15) is 16.1 Å². The zero-order chi connectivity index (χ0) is 13.3. The number of aromatic nitrogens is 1. The summed E-state index contributed by atoms with van der Waals surface area (Å²) in [6.45, 7) is 1.79. The summed E-state index contributed by atoms with van der Waals surface area (Å²) in [7, 11) is 2.68. The van der Waals surface area contributed by atoms with E-state index < -0.39 is 11.8 Å². The summed E-state index contributed by atoms with van der Waals surface area (Å²) >= 11 is 0. The first-order chi connectivity index (χ1) is 8.58. The van der Waals surface area contributed by atoms with Crippen molar-refractivity contribution in [2.75, 3.05) is 14.2 Å². The molecule has 0 saturated carbocycles. The predicted octanol–water partition coefficient (Wildman–Crippen LogP) is 2.48. The van der Waals surface area contributed by atoms with Gasteiger partial charge in [-0.15, -0.1) is 0 Å². The van der Waals surface area contributed by atoms with Gasteiger partial charge in [-0.2, -0.15) is 0 Å². The molecular weight excluding hydrogens is 237 g/mol. The number of carbonyl (C=O) groups is 1. The van der Waals surface area contributed by atoms with Gasteiger partial charge in [0.05, 0.1) is 25.1 Å². The highest BCUT2D eigenvalue weighted by atomic mass is 19.1. The monoisotopic (exact) mass is 249 g/mol. The third-order valence-corrected chi connectivity index (χ3v) is 2.69. The number of ether oxygens (including phenoxy) is 2. The van der Waals surface area contributed by atoms with Gasteiger partial charge in [-0.3, -0.25) is 0 Å². The molecule has 0 amide bonds. The van der Waals surface area contributed by atoms with Crippen molar-refractivity contribution >= 4 is 16.9 Å². The molecule has 2 rings (SSSR count). The van der Waals surface area contributed by atoms with E-state index in [0.717, 1.165) is 5.56 Å². The maximum atomic E-state index is 13.8. The van der Waals surface area contributed by atoms with E-state index in [-0.39, 0.29) is 16.8 Å². The van der Waals surface area contributed by atoms with E-state index in [4.69, 9.17) is 4.74 Å². The zero-order valence-corrected chi connectivity index (χ0v) is 10.3. The van der Waals surface area contributed by atoms with Crippen molar-refractivity contribution in [1.82, 2.24) is 4.98 Å². The molecule has 0 saturated heterocycles. The molecule has 0 radical (unpaired) electrons. The minimum atomic E-state index is -0.584. The number of rotatable bonds is 2. The average molecular weight is 249 g/mol. The number of esters is 1. The first-order valence-electron chi connectivity index (χ1n) is 5.30. The van der Waals surface area contributed by atoms with Gasteiger partial charge in [0.2, 0.25) is 0 Å². The van der Waals surface area contributed by atoms with Crippen LogP contribution in [-0.2, 0) is 4.74 Å². The molecule has 0 bridgehead atoms. The molecule has 0 atom stereocenters. The Kier molecular flexibility index (Phi) is 3.14. The molecule has 18 heavy (non-hydrogen) atoms. The van der Waals surface area contributed by atoms with Gasteiger partial charge in [-0.05, 0) is 18.6 Å². The SMILES string of the molecule is COC(=O)c1cc(OC)c2c(F)ccc(C)c2n1. The molecule has 2 aromatic rings. The lowest BCUT2D eigenvalue weighted by Gasteiger charge is -2.10. The molecule has 0 aliphatic heterocycles. The van der Waals surface area contributed by atoms with Crippen LogP contribution in [0.2, 0.25) is 0 Å². The second kappa shape index (κ2) is 4.60. The Morgan fingerprint density at radius 3 is 2.67 bits per heavy atom. The number of fused-ring (bicyclic) bond motifs is 1. The van der Waals surface area contributed by atoms with Crippen molar-refractivity contribution in [2.45, 2.75) is 6.92 Å². The van der Waals surface area contributed by atoms with Crippen molar-refractivity contribution in [3.63, 3.8) is 0 Å². The molecule has 5 heteroatoms. The Bertz CT molecular complexity index is 625. The van der Waals surface area contributed by atoms with Gasteiger partial charge in [0.25, 0.3) is 0 Å². The minimum Gasteiger partial charge on any atom is -0.496 e. The van der Waals surface area contributed by atoms with Gasteiger partial charge in [0.15, 0.2) is 5.69 Å². The fourth-order valence-corrected chi connectivity index (χ4v) is 1.77. The highest BCUT2D eigenvalue weighted by Gasteiger charge is 2.16. The molecule has 1 heterocycles. The van der Waals surface area contributed by atoms with Crippen LogP contribution in [-0.4, -0.2) is 25.2 Å². The van der Waals surface area contributed by atoms with Crippen LogP contribution in [0, 0.1) is 12.7 Å². The number of aryl methyl sites for hydroxylation is 1. The Balaban J connectivity index is 2.83. The van der Waals surface area contributed by atoms with Crippen LogP contribution in [0.15, 0.2) is 18.2 Å². The molecule has 0 N–H and O–H groups in total. The van der Waals surface area contributed by atoms with Gasteiger partial charge in [0.1, 0.15) is 11.6 Å². The number of pyridine rings is 1. The van der Waals surface area contributed by atoms with E-state index in [2.05, 4.69) is 9.72 Å². The lowest BCUT2D eigenvalue weighted by molar-refractivity contribution is 0.0594. The molecule has 1 aromatic heterocycles. The molecule has 0 aliphatic carbocycles. The number of hydrogen-bond acceptors (Lipinski definition) is 4. The second-order valence-electron chi connectivity index (χ2n) is 3.79. The highest BCUT2D eigenvalue weighted by Crippen LogP contribution is 2.30. The maximum absolute atomic E-state index is 13.8. The Morgan fingerprint density at radius 1 is 1.33 bits per heavy atom. The zero-order valence-electron chi connectivity index (χ0n) is 10.3. The number of carbonyl (C=O) groups excluding carboxylic acids is 1. The fourth-order valence-electron chi connectivity index (χ4n) is 1.77. The quantitative estimate of drug-likeness (QED) is 0.767. The van der Waals surface area contributed by atoms with Crippen LogP contribution in [0.5, 0.6) is 5.75 Å². The molecule has 0 aliphatic rings. The molecule has 94 valence electrons. The summed E-state index contributed by atoms with van der Waals surface area (Å²) in [5.41, 5.74) is 1.25. The summed E-state index contributed by atoms with van der Waals surface area (Å²) in [5.74, 6) is -0.753. The van der Waals surface area contributed by atoms with Crippen LogP contribution in [0.25, 0.3) is 10.9 Å². The van der Waals surface area contributed by atoms with E-state index in [1.54, 1.807) is 13.0 Å². The van der Waals surface area contributed by atoms with Crippen molar-refractivity contribution in [1.29, 1.82) is 0 Å². The van der Waals surface area contributed by atoms with Crippen LogP contribution >= 0.6 is 0 Å². The topological polar surface area (TPSA) is 48.4 Å². The summed E-state index contributed by atoms with van der Waals surface area (Å²) in [5, 5.41) is 0.269. The maximum Gasteiger partial charge on any atom is 0.356 e. The number of benzene rings is 1.